The van der Waals surface area contributed by atoms with E-state index < -0.39 is 0 Å². The maximum Gasteiger partial charge on any atom is 0.224 e. The lowest BCUT2D eigenvalue weighted by Gasteiger charge is -2.17. The van der Waals surface area contributed by atoms with Crippen molar-refractivity contribution in [1.82, 2.24) is 15.1 Å². The van der Waals surface area contributed by atoms with Crippen molar-refractivity contribution in [3.05, 3.63) is 47.3 Å². The summed E-state index contributed by atoms with van der Waals surface area (Å²) in [5, 5.41) is 7.64. The second kappa shape index (κ2) is 6.77. The summed E-state index contributed by atoms with van der Waals surface area (Å²) in [5.74, 6) is 0.484. The molecule has 0 spiro atoms. The number of para-hydroxylation sites is 1. The van der Waals surface area contributed by atoms with E-state index in [1.54, 1.807) is 0 Å². The summed E-state index contributed by atoms with van der Waals surface area (Å²) in [6.45, 7) is 10.2. The molecule has 118 valence electrons. The molecule has 0 radical (unpaired) electrons. The highest BCUT2D eigenvalue weighted by Crippen LogP contribution is 2.18. The first-order valence-electron chi connectivity index (χ1n) is 7.80. The van der Waals surface area contributed by atoms with Gasteiger partial charge in [0.25, 0.3) is 0 Å². The summed E-state index contributed by atoms with van der Waals surface area (Å²) in [5.41, 5.74) is 3.97. The Morgan fingerprint density at radius 1 is 1.18 bits per heavy atom. The number of nitrogens with zero attached hydrogens (tertiary/aromatic N) is 2. The number of rotatable bonds is 5. The number of hydrogen-bond acceptors (Lipinski definition) is 2. The molecule has 1 aromatic heterocycles. The Morgan fingerprint density at radius 3 is 2.41 bits per heavy atom. The van der Waals surface area contributed by atoms with Crippen LogP contribution in [-0.4, -0.2) is 21.7 Å². The Kier molecular flexibility index (Phi) is 5.01. The summed E-state index contributed by atoms with van der Waals surface area (Å²) in [6, 6.07) is 10.2. The van der Waals surface area contributed by atoms with Crippen molar-refractivity contribution in [2.75, 3.05) is 0 Å². The van der Waals surface area contributed by atoms with E-state index in [-0.39, 0.29) is 11.9 Å². The highest BCUT2D eigenvalue weighted by Gasteiger charge is 2.17. The zero-order valence-corrected chi connectivity index (χ0v) is 14.1. The van der Waals surface area contributed by atoms with Crippen molar-refractivity contribution >= 4 is 5.91 Å². The van der Waals surface area contributed by atoms with Crippen molar-refractivity contribution in [2.24, 2.45) is 5.92 Å². The van der Waals surface area contributed by atoms with Crippen molar-refractivity contribution in [3.8, 4) is 5.69 Å². The van der Waals surface area contributed by atoms with E-state index in [0.717, 1.165) is 22.6 Å². The molecular weight excluding hydrogens is 274 g/mol. The number of aromatic nitrogens is 2. The molecule has 4 nitrogen and oxygen atoms in total. The maximum absolute atomic E-state index is 12.2. The average Bonchev–Trinajstić information content (AvgIpc) is 2.76. The Bertz CT molecular complexity index is 644. The van der Waals surface area contributed by atoms with E-state index in [9.17, 15) is 4.79 Å². The first kappa shape index (κ1) is 16.3. The molecule has 0 aliphatic heterocycles. The molecule has 1 heterocycles. The van der Waals surface area contributed by atoms with E-state index in [2.05, 4.69) is 24.3 Å². The molecule has 0 fully saturated rings. The lowest BCUT2D eigenvalue weighted by molar-refractivity contribution is -0.121. The number of nitrogens with one attached hydrogen (secondary N) is 1. The van der Waals surface area contributed by atoms with Crippen LogP contribution in [0.25, 0.3) is 5.69 Å². The highest BCUT2D eigenvalue weighted by molar-refractivity contribution is 5.79. The van der Waals surface area contributed by atoms with E-state index in [0.29, 0.717) is 12.3 Å². The summed E-state index contributed by atoms with van der Waals surface area (Å²) in [4.78, 5) is 12.2. The molecule has 1 aromatic carbocycles. The molecule has 1 unspecified atom stereocenters. The molecule has 1 atom stereocenters. The molecule has 2 rings (SSSR count). The van der Waals surface area contributed by atoms with Crippen LogP contribution in [-0.2, 0) is 11.2 Å². The third-order valence-corrected chi connectivity index (χ3v) is 4.17. The summed E-state index contributed by atoms with van der Waals surface area (Å²) >= 11 is 0. The number of amides is 1. The lowest BCUT2D eigenvalue weighted by atomic mass is 10.1. The molecule has 0 saturated heterocycles. The minimum Gasteiger partial charge on any atom is -0.353 e. The van der Waals surface area contributed by atoms with Gasteiger partial charge in [-0.05, 0) is 38.8 Å². The van der Waals surface area contributed by atoms with Crippen LogP contribution in [0.5, 0.6) is 0 Å². The van der Waals surface area contributed by atoms with Crippen molar-refractivity contribution in [2.45, 2.75) is 47.1 Å². The van der Waals surface area contributed by atoms with Crippen LogP contribution in [0, 0.1) is 19.8 Å². The second-order valence-electron chi connectivity index (χ2n) is 6.17. The lowest BCUT2D eigenvalue weighted by Crippen LogP contribution is -2.37. The number of hydrogen-bond donors (Lipinski definition) is 1. The molecule has 0 bridgehead atoms. The molecule has 0 saturated carbocycles. The van der Waals surface area contributed by atoms with Gasteiger partial charge in [0.2, 0.25) is 5.91 Å². The third kappa shape index (κ3) is 3.56. The maximum atomic E-state index is 12.2. The van der Waals surface area contributed by atoms with Crippen LogP contribution in [0.4, 0.5) is 0 Å². The largest absolute Gasteiger partial charge is 0.353 e. The topological polar surface area (TPSA) is 46.9 Å². The van der Waals surface area contributed by atoms with Crippen molar-refractivity contribution < 1.29 is 4.79 Å². The second-order valence-corrected chi connectivity index (χ2v) is 6.17. The third-order valence-electron chi connectivity index (χ3n) is 4.17. The van der Waals surface area contributed by atoms with E-state index >= 15 is 0 Å². The quantitative estimate of drug-likeness (QED) is 0.921. The molecule has 22 heavy (non-hydrogen) atoms. The first-order chi connectivity index (χ1) is 10.4. The minimum atomic E-state index is 0.0556. The van der Waals surface area contributed by atoms with Gasteiger partial charge in [-0.25, -0.2) is 4.68 Å². The fourth-order valence-corrected chi connectivity index (χ4v) is 2.38. The number of aryl methyl sites for hydroxylation is 1. The summed E-state index contributed by atoms with van der Waals surface area (Å²) in [6.07, 6.45) is 0.377. The van der Waals surface area contributed by atoms with Gasteiger partial charge in [0.1, 0.15) is 0 Å². The molecule has 0 aliphatic rings. The van der Waals surface area contributed by atoms with Crippen LogP contribution < -0.4 is 5.32 Å². The number of benzene rings is 1. The fourth-order valence-electron chi connectivity index (χ4n) is 2.38. The van der Waals surface area contributed by atoms with Gasteiger partial charge in [0.15, 0.2) is 0 Å². The Balaban J connectivity index is 2.19. The van der Waals surface area contributed by atoms with Crippen LogP contribution in [0.15, 0.2) is 30.3 Å². The first-order valence-corrected chi connectivity index (χ1v) is 7.80. The van der Waals surface area contributed by atoms with Gasteiger partial charge in [-0.1, -0.05) is 32.0 Å². The van der Waals surface area contributed by atoms with Crippen LogP contribution in [0.1, 0.15) is 37.7 Å². The van der Waals surface area contributed by atoms with E-state index in [1.165, 1.54) is 0 Å². The Labute approximate surface area is 132 Å². The smallest absolute Gasteiger partial charge is 0.224 e. The fraction of sp³-hybridized carbons (Fsp3) is 0.444. The number of carbonyl (C=O) groups is 1. The Hall–Kier alpha value is -2.10. The summed E-state index contributed by atoms with van der Waals surface area (Å²) < 4.78 is 1.91. The molecule has 2 aromatic rings. The normalized spacial score (nSPS) is 12.5. The molecule has 1 amide bonds. The molecule has 4 heteroatoms. The zero-order chi connectivity index (χ0) is 16.3. The predicted octanol–water partition coefficient (Wildman–Crippen LogP) is 3.19. The summed E-state index contributed by atoms with van der Waals surface area (Å²) in [7, 11) is 0. The van der Waals surface area contributed by atoms with Crippen molar-refractivity contribution in [1.29, 1.82) is 0 Å². The predicted molar refractivity (Wildman–Crippen MR) is 89.2 cm³/mol. The van der Waals surface area contributed by atoms with Crippen molar-refractivity contribution in [3.63, 3.8) is 0 Å². The highest BCUT2D eigenvalue weighted by atomic mass is 16.1. The standard InChI is InChI=1S/C18H25N3O/c1-12(2)13(3)19-18(22)11-17-14(4)20-21(15(17)5)16-9-7-6-8-10-16/h6-10,12-13H,11H2,1-5H3,(H,19,22). The molecule has 1 N–H and O–H groups in total. The number of carbonyl (C=O) groups excluding carboxylic acids is 1. The molecular formula is C18H25N3O. The van der Waals surface area contributed by atoms with Crippen LogP contribution in [0.3, 0.4) is 0 Å². The van der Waals surface area contributed by atoms with Gasteiger partial charge in [0.05, 0.1) is 17.8 Å². The van der Waals surface area contributed by atoms with Gasteiger partial charge in [-0.15, -0.1) is 0 Å². The minimum absolute atomic E-state index is 0.0556. The van der Waals surface area contributed by atoms with Gasteiger partial charge < -0.3 is 5.32 Å². The van der Waals surface area contributed by atoms with Crippen LogP contribution in [0.2, 0.25) is 0 Å². The van der Waals surface area contributed by atoms with Gasteiger partial charge in [0, 0.05) is 17.3 Å². The Morgan fingerprint density at radius 2 is 1.82 bits per heavy atom. The van der Waals surface area contributed by atoms with Gasteiger partial charge in [-0.3, -0.25) is 4.79 Å². The van der Waals surface area contributed by atoms with Gasteiger partial charge >= 0.3 is 0 Å². The van der Waals surface area contributed by atoms with E-state index in [1.807, 2.05) is 55.8 Å². The molecule has 0 aliphatic carbocycles. The SMILES string of the molecule is Cc1nn(-c2ccccc2)c(C)c1CC(=O)NC(C)C(C)C. The zero-order valence-electron chi connectivity index (χ0n) is 14.1. The van der Waals surface area contributed by atoms with Crippen LogP contribution >= 0.6 is 0 Å². The van der Waals surface area contributed by atoms with Gasteiger partial charge in [-0.2, -0.15) is 5.10 Å². The van der Waals surface area contributed by atoms with E-state index in [4.69, 9.17) is 0 Å². The average molecular weight is 299 g/mol. The monoisotopic (exact) mass is 299 g/mol.